The predicted octanol–water partition coefficient (Wildman–Crippen LogP) is 0.174. The summed E-state index contributed by atoms with van der Waals surface area (Å²) in [7, 11) is 0. The van der Waals surface area contributed by atoms with E-state index in [1.165, 1.54) is 18.7 Å². The summed E-state index contributed by atoms with van der Waals surface area (Å²) in [5, 5.41) is 13.1. The molecule has 1 amide bonds. The Morgan fingerprint density at radius 3 is 2.53 bits per heavy atom. The van der Waals surface area contributed by atoms with Crippen LogP contribution in [-0.4, -0.2) is 23.7 Å². The molecule has 1 aromatic rings. The largest absolute Gasteiger partial charge is 0.548 e. The molecule has 0 fully saturated rings. The molecule has 0 aliphatic rings. The number of hydrogen-bond donors (Lipinski definition) is 1. The Morgan fingerprint density at radius 2 is 2.00 bits per heavy atom. The summed E-state index contributed by atoms with van der Waals surface area (Å²) in [6.45, 7) is 1.29. The fourth-order valence-electron chi connectivity index (χ4n) is 1.28. The molecule has 0 saturated heterocycles. The van der Waals surface area contributed by atoms with Crippen molar-refractivity contribution in [2.75, 3.05) is 5.75 Å². The predicted molar refractivity (Wildman–Crippen MR) is 65.2 cm³/mol. The van der Waals surface area contributed by atoms with Crippen molar-refractivity contribution in [1.29, 1.82) is 0 Å². The third-order valence-corrected chi connectivity index (χ3v) is 3.16. The maximum atomic E-state index is 10.8. The van der Waals surface area contributed by atoms with Gasteiger partial charge in [0.15, 0.2) is 0 Å². The van der Waals surface area contributed by atoms with Crippen LogP contribution in [0.2, 0.25) is 0 Å². The monoisotopic (exact) mass is 252 g/mol. The second-order valence-electron chi connectivity index (χ2n) is 3.57. The van der Waals surface area contributed by atoms with E-state index in [1.54, 1.807) is 0 Å². The fourth-order valence-corrected chi connectivity index (χ4v) is 2.28. The summed E-state index contributed by atoms with van der Waals surface area (Å²) in [5.41, 5.74) is 1.12. The Bertz CT molecular complexity index is 381. The quantitative estimate of drug-likeness (QED) is 0.784. The zero-order chi connectivity index (χ0) is 12.7. The van der Waals surface area contributed by atoms with Crippen molar-refractivity contribution in [3.05, 3.63) is 35.9 Å². The summed E-state index contributed by atoms with van der Waals surface area (Å²) in [5.74, 6) is -0.596. The first-order valence-corrected chi connectivity index (χ1v) is 6.34. The molecule has 1 N–H and O–H groups in total. The number of rotatable bonds is 6. The van der Waals surface area contributed by atoms with Gasteiger partial charge in [-0.3, -0.25) is 4.79 Å². The standard InChI is InChI=1S/C12H15NO3S/c1-9(14)13-11(12(15)16)8-17-7-10-5-3-2-4-6-10/h2-6,11H,7-8H2,1H3,(H,13,14)(H,15,16)/p-1/t11-/m1/s1. The molecule has 5 heteroatoms. The lowest BCUT2D eigenvalue weighted by Crippen LogP contribution is -2.48. The fraction of sp³-hybridized carbons (Fsp3) is 0.333. The minimum atomic E-state index is -1.25. The first-order valence-electron chi connectivity index (χ1n) is 5.19. The molecule has 1 aromatic carbocycles. The van der Waals surface area contributed by atoms with Crippen molar-refractivity contribution in [3.8, 4) is 0 Å². The lowest BCUT2D eigenvalue weighted by atomic mass is 10.2. The number of carboxylic acids is 1. The summed E-state index contributed by atoms with van der Waals surface area (Å²) in [4.78, 5) is 21.5. The van der Waals surface area contributed by atoms with Crippen LogP contribution >= 0.6 is 11.8 Å². The van der Waals surface area contributed by atoms with Gasteiger partial charge in [-0.2, -0.15) is 11.8 Å². The molecule has 0 aromatic heterocycles. The van der Waals surface area contributed by atoms with Crippen LogP contribution in [0, 0.1) is 0 Å². The van der Waals surface area contributed by atoms with Gasteiger partial charge in [-0.05, 0) is 5.56 Å². The second kappa shape index (κ2) is 6.96. The van der Waals surface area contributed by atoms with Crippen LogP contribution in [0.15, 0.2) is 30.3 Å². The molecule has 0 aliphatic carbocycles. The zero-order valence-corrected chi connectivity index (χ0v) is 10.3. The van der Waals surface area contributed by atoms with E-state index in [9.17, 15) is 14.7 Å². The van der Waals surface area contributed by atoms with Gasteiger partial charge in [-0.1, -0.05) is 30.3 Å². The van der Waals surface area contributed by atoms with Crippen LogP contribution in [0.3, 0.4) is 0 Å². The topological polar surface area (TPSA) is 69.2 Å². The molecule has 0 saturated carbocycles. The Hall–Kier alpha value is -1.49. The number of hydrogen-bond acceptors (Lipinski definition) is 4. The van der Waals surface area contributed by atoms with Crippen LogP contribution in [0.5, 0.6) is 0 Å². The number of carbonyl (C=O) groups is 2. The van der Waals surface area contributed by atoms with E-state index in [0.29, 0.717) is 11.5 Å². The van der Waals surface area contributed by atoms with Gasteiger partial charge < -0.3 is 15.2 Å². The van der Waals surface area contributed by atoms with E-state index in [0.717, 1.165) is 5.56 Å². The normalized spacial score (nSPS) is 11.8. The first-order chi connectivity index (χ1) is 8.09. The van der Waals surface area contributed by atoms with Gasteiger partial charge in [0.1, 0.15) is 0 Å². The molecular formula is C12H14NO3S-. The van der Waals surface area contributed by atoms with E-state index < -0.39 is 12.0 Å². The number of aliphatic carboxylic acids is 1. The molecule has 1 rings (SSSR count). The number of benzene rings is 1. The molecule has 1 atom stereocenters. The lowest BCUT2D eigenvalue weighted by Gasteiger charge is -2.18. The van der Waals surface area contributed by atoms with Gasteiger partial charge in [0.25, 0.3) is 0 Å². The summed E-state index contributed by atoms with van der Waals surface area (Å²) in [6.07, 6.45) is 0. The average molecular weight is 252 g/mol. The van der Waals surface area contributed by atoms with Gasteiger partial charge in [0.05, 0.1) is 12.0 Å². The second-order valence-corrected chi connectivity index (χ2v) is 4.60. The van der Waals surface area contributed by atoms with E-state index in [1.807, 2.05) is 30.3 Å². The van der Waals surface area contributed by atoms with E-state index in [2.05, 4.69) is 5.32 Å². The van der Waals surface area contributed by atoms with Crippen molar-refractivity contribution >= 4 is 23.6 Å². The van der Waals surface area contributed by atoms with Gasteiger partial charge in [0.2, 0.25) is 5.91 Å². The SMILES string of the molecule is CC(=O)N[C@H](CSCc1ccccc1)C(=O)[O-]. The molecule has 0 spiro atoms. The smallest absolute Gasteiger partial charge is 0.217 e. The van der Waals surface area contributed by atoms with Crippen molar-refractivity contribution in [1.82, 2.24) is 5.32 Å². The highest BCUT2D eigenvalue weighted by Gasteiger charge is 2.10. The molecule has 92 valence electrons. The van der Waals surface area contributed by atoms with E-state index in [-0.39, 0.29) is 5.91 Å². The number of nitrogens with one attached hydrogen (secondary N) is 1. The minimum absolute atomic E-state index is 0.302. The first kappa shape index (κ1) is 13.6. The van der Waals surface area contributed by atoms with Crippen molar-refractivity contribution in [2.24, 2.45) is 0 Å². The molecule has 4 nitrogen and oxygen atoms in total. The van der Waals surface area contributed by atoms with Crippen LogP contribution in [0.4, 0.5) is 0 Å². The number of thioether (sulfide) groups is 1. The Labute approximate surface area is 104 Å². The average Bonchev–Trinajstić information content (AvgIpc) is 2.28. The number of carbonyl (C=O) groups excluding carboxylic acids is 2. The highest BCUT2D eigenvalue weighted by Crippen LogP contribution is 2.12. The summed E-state index contributed by atoms with van der Waals surface area (Å²) in [6, 6.07) is 8.80. The lowest BCUT2D eigenvalue weighted by molar-refractivity contribution is -0.307. The Kier molecular flexibility index (Phi) is 5.56. The zero-order valence-electron chi connectivity index (χ0n) is 9.51. The highest BCUT2D eigenvalue weighted by molar-refractivity contribution is 7.98. The summed E-state index contributed by atoms with van der Waals surface area (Å²) >= 11 is 1.45. The van der Waals surface area contributed by atoms with Crippen LogP contribution in [0.25, 0.3) is 0 Å². The maximum Gasteiger partial charge on any atom is 0.217 e. The highest BCUT2D eigenvalue weighted by atomic mass is 32.2. The molecule has 17 heavy (non-hydrogen) atoms. The molecule has 0 aliphatic heterocycles. The molecule has 0 bridgehead atoms. The van der Waals surface area contributed by atoms with Crippen LogP contribution in [0.1, 0.15) is 12.5 Å². The third kappa shape index (κ3) is 5.40. The van der Waals surface area contributed by atoms with Crippen LogP contribution < -0.4 is 10.4 Å². The Morgan fingerprint density at radius 1 is 1.35 bits per heavy atom. The maximum absolute atomic E-state index is 10.8. The molecular weight excluding hydrogens is 238 g/mol. The third-order valence-electron chi connectivity index (χ3n) is 2.06. The van der Waals surface area contributed by atoms with E-state index >= 15 is 0 Å². The van der Waals surface area contributed by atoms with E-state index in [4.69, 9.17) is 0 Å². The van der Waals surface area contributed by atoms with Crippen molar-refractivity contribution in [3.63, 3.8) is 0 Å². The summed E-state index contributed by atoms with van der Waals surface area (Å²) < 4.78 is 0. The number of amides is 1. The van der Waals surface area contributed by atoms with Gasteiger partial charge in [-0.25, -0.2) is 0 Å². The molecule has 0 unspecified atom stereocenters. The van der Waals surface area contributed by atoms with Crippen LogP contribution in [-0.2, 0) is 15.3 Å². The van der Waals surface area contributed by atoms with Crippen molar-refractivity contribution < 1.29 is 14.7 Å². The van der Waals surface area contributed by atoms with Crippen molar-refractivity contribution in [2.45, 2.75) is 18.7 Å². The van der Waals surface area contributed by atoms with Gasteiger partial charge in [0, 0.05) is 18.4 Å². The van der Waals surface area contributed by atoms with Gasteiger partial charge >= 0.3 is 0 Å². The molecule has 0 radical (unpaired) electrons. The Balaban J connectivity index is 2.37. The number of carboxylic acid groups (broad SMARTS) is 1. The molecule has 0 heterocycles. The minimum Gasteiger partial charge on any atom is -0.548 e. The van der Waals surface area contributed by atoms with Gasteiger partial charge in [-0.15, -0.1) is 0 Å².